The molecule has 1 rings (SSSR count). The summed E-state index contributed by atoms with van der Waals surface area (Å²) in [5.74, 6) is 0. The molecule has 0 fully saturated rings. The highest BCUT2D eigenvalue weighted by molar-refractivity contribution is 14.1. The largest absolute Gasteiger partial charge is 0.430 e. The summed E-state index contributed by atoms with van der Waals surface area (Å²) in [5.41, 5.74) is -18.8. The summed E-state index contributed by atoms with van der Waals surface area (Å²) in [6.45, 7) is 3.22. The van der Waals surface area contributed by atoms with Crippen molar-refractivity contribution in [1.82, 2.24) is 0 Å². The molecule has 1 aromatic rings. The minimum absolute atomic E-state index is 0.0133. The van der Waals surface area contributed by atoms with Crippen molar-refractivity contribution >= 4 is 22.6 Å². The van der Waals surface area contributed by atoms with Crippen molar-refractivity contribution in [3.8, 4) is 0 Å². The second kappa shape index (κ2) is 7.53. The lowest BCUT2D eigenvalue weighted by atomic mass is 9.78. The predicted molar refractivity (Wildman–Crippen MR) is 89.9 cm³/mol. The zero-order valence-corrected chi connectivity index (χ0v) is 17.6. The van der Waals surface area contributed by atoms with E-state index in [2.05, 4.69) is 0 Å². The predicted octanol–water partition coefficient (Wildman–Crippen LogP) is 6.21. The molecule has 31 heavy (non-hydrogen) atoms. The summed E-state index contributed by atoms with van der Waals surface area (Å²) in [7, 11) is 0. The fourth-order valence-electron chi connectivity index (χ4n) is 2.52. The fraction of sp³-hybridized carbons (Fsp3) is 0.625. The molecule has 0 atom stereocenters. The maximum Gasteiger partial charge on any atom is 0.430 e. The van der Waals surface area contributed by atoms with Crippen LogP contribution in [0.15, 0.2) is 12.1 Å². The maximum atomic E-state index is 13.3. The molecule has 0 aliphatic heterocycles. The van der Waals surface area contributed by atoms with Gasteiger partial charge in [0, 0.05) is 14.7 Å². The Hall–Kier alpha value is -0.970. The van der Waals surface area contributed by atoms with Crippen LogP contribution < -0.4 is 0 Å². The average molecular weight is 592 g/mol. The number of benzene rings is 1. The summed E-state index contributed by atoms with van der Waals surface area (Å²) >= 11 is 0.376. The Bertz CT molecular complexity index is 740. The van der Waals surface area contributed by atoms with Crippen LogP contribution in [-0.4, -0.2) is 34.9 Å². The van der Waals surface area contributed by atoms with E-state index in [1.54, 1.807) is 0 Å². The highest BCUT2D eigenvalue weighted by Gasteiger charge is 2.75. The van der Waals surface area contributed by atoms with Gasteiger partial charge in [-0.15, -0.1) is 0 Å². The van der Waals surface area contributed by atoms with Gasteiger partial charge in [-0.1, -0.05) is 32.9 Å². The Morgan fingerprint density at radius 2 is 0.806 bits per heavy atom. The van der Waals surface area contributed by atoms with E-state index in [9.17, 15) is 62.9 Å². The first-order valence-corrected chi connectivity index (χ1v) is 8.89. The summed E-state index contributed by atoms with van der Waals surface area (Å²) < 4.78 is 158. The van der Waals surface area contributed by atoms with Crippen LogP contribution in [0.25, 0.3) is 0 Å². The lowest BCUT2D eigenvalue weighted by Gasteiger charge is -2.38. The molecule has 0 radical (unpaired) electrons. The van der Waals surface area contributed by atoms with Gasteiger partial charge in [-0.05, 0) is 33.6 Å². The molecule has 0 aromatic heterocycles. The van der Waals surface area contributed by atoms with Crippen molar-refractivity contribution in [2.75, 3.05) is 0 Å². The van der Waals surface area contributed by atoms with E-state index in [-0.39, 0.29) is 12.1 Å². The molecule has 180 valence electrons. The average Bonchev–Trinajstić information content (AvgIpc) is 2.48. The quantitative estimate of drug-likeness (QED) is 0.317. The lowest BCUT2D eigenvalue weighted by molar-refractivity contribution is -0.378. The van der Waals surface area contributed by atoms with Gasteiger partial charge < -0.3 is 10.2 Å². The molecule has 0 aliphatic rings. The zero-order valence-electron chi connectivity index (χ0n) is 15.5. The topological polar surface area (TPSA) is 40.5 Å². The summed E-state index contributed by atoms with van der Waals surface area (Å²) in [6.07, 6.45) is -26.4. The monoisotopic (exact) mass is 592 g/mol. The Balaban J connectivity index is 4.36. The van der Waals surface area contributed by atoms with Gasteiger partial charge in [-0.25, -0.2) is 0 Å². The molecule has 0 amide bonds. The smallest absolute Gasteiger partial charge is 0.369 e. The van der Waals surface area contributed by atoms with E-state index in [1.807, 2.05) is 0 Å². The van der Waals surface area contributed by atoms with E-state index in [4.69, 9.17) is 0 Å². The van der Waals surface area contributed by atoms with Gasteiger partial charge >= 0.3 is 24.7 Å². The first-order chi connectivity index (χ1) is 13.2. The highest BCUT2D eigenvalue weighted by atomic mass is 127. The van der Waals surface area contributed by atoms with Crippen LogP contribution in [0, 0.1) is 3.57 Å². The number of aliphatic hydroxyl groups is 2. The molecule has 0 unspecified atom stereocenters. The van der Waals surface area contributed by atoms with E-state index in [0.717, 1.165) is 20.8 Å². The molecule has 0 saturated carbocycles. The minimum Gasteiger partial charge on any atom is -0.369 e. The lowest BCUT2D eigenvalue weighted by Crippen LogP contribution is -2.57. The van der Waals surface area contributed by atoms with Crippen LogP contribution in [0.1, 0.15) is 37.5 Å². The van der Waals surface area contributed by atoms with Gasteiger partial charge in [0.1, 0.15) is 0 Å². The summed E-state index contributed by atoms with van der Waals surface area (Å²) in [5, 5.41) is 19.2. The van der Waals surface area contributed by atoms with E-state index in [1.165, 1.54) is 0 Å². The summed E-state index contributed by atoms with van der Waals surface area (Å²) in [4.78, 5) is 0. The third kappa shape index (κ3) is 4.45. The maximum absolute atomic E-state index is 13.3. The van der Waals surface area contributed by atoms with Gasteiger partial charge in [0.2, 0.25) is 0 Å². The van der Waals surface area contributed by atoms with Gasteiger partial charge in [-0.2, -0.15) is 52.7 Å². The standard InChI is InChI=1S/C16H13F12IO2/c1-10(2,3)6-4-7(11(30,13(17,18)19)14(20,21)22)9(29)8(5-6)12(31,15(23,24)25)16(26,27)28/h4-5,30-31H,1-3H3. The molecule has 2 nitrogen and oxygen atoms in total. The fourth-order valence-corrected chi connectivity index (χ4v) is 3.61. The van der Waals surface area contributed by atoms with E-state index >= 15 is 0 Å². The second-order valence-corrected chi connectivity index (χ2v) is 8.63. The normalized spacial score (nSPS) is 15.4. The van der Waals surface area contributed by atoms with Gasteiger partial charge in [0.05, 0.1) is 0 Å². The van der Waals surface area contributed by atoms with Crippen molar-refractivity contribution in [1.29, 1.82) is 0 Å². The molecule has 0 saturated heterocycles. The molecular weight excluding hydrogens is 579 g/mol. The van der Waals surface area contributed by atoms with Crippen molar-refractivity contribution in [2.24, 2.45) is 0 Å². The van der Waals surface area contributed by atoms with E-state index in [0.29, 0.717) is 22.6 Å². The van der Waals surface area contributed by atoms with Crippen molar-refractivity contribution in [3.05, 3.63) is 32.4 Å². The first kappa shape index (κ1) is 28.1. The number of alkyl halides is 12. The van der Waals surface area contributed by atoms with Crippen LogP contribution in [-0.2, 0) is 16.6 Å². The van der Waals surface area contributed by atoms with Crippen molar-refractivity contribution in [3.63, 3.8) is 0 Å². The molecular formula is C16H13F12IO2. The Kier molecular flexibility index (Phi) is 6.82. The summed E-state index contributed by atoms with van der Waals surface area (Å²) in [6, 6.07) is 0.0266. The molecule has 0 bridgehead atoms. The number of hydrogen-bond acceptors (Lipinski definition) is 2. The Morgan fingerprint density at radius 3 is 0.968 bits per heavy atom. The van der Waals surface area contributed by atoms with Crippen LogP contribution >= 0.6 is 22.6 Å². The molecule has 0 heterocycles. The minimum atomic E-state index is -6.59. The molecule has 2 N–H and O–H groups in total. The van der Waals surface area contributed by atoms with E-state index < -0.39 is 61.6 Å². The second-order valence-electron chi connectivity index (χ2n) is 7.55. The Morgan fingerprint density at radius 1 is 0.581 bits per heavy atom. The number of hydrogen-bond donors (Lipinski definition) is 2. The third-order valence-corrected chi connectivity index (χ3v) is 5.52. The van der Waals surface area contributed by atoms with Crippen LogP contribution in [0.4, 0.5) is 52.7 Å². The molecule has 1 aromatic carbocycles. The van der Waals surface area contributed by atoms with Crippen LogP contribution in [0.3, 0.4) is 0 Å². The van der Waals surface area contributed by atoms with Gasteiger partial charge in [0.15, 0.2) is 0 Å². The first-order valence-electron chi connectivity index (χ1n) is 7.81. The third-order valence-electron chi connectivity index (χ3n) is 4.36. The number of rotatable bonds is 2. The molecule has 0 spiro atoms. The highest BCUT2D eigenvalue weighted by Crippen LogP contribution is 2.56. The SMILES string of the molecule is CC(C)(C)c1cc(C(O)(C(F)(F)F)C(F)(F)F)c(I)c(C(O)(C(F)(F)F)C(F)(F)F)c1. The molecule has 15 heteroatoms. The van der Waals surface area contributed by atoms with Crippen molar-refractivity contribution < 1.29 is 62.9 Å². The van der Waals surface area contributed by atoms with Gasteiger partial charge in [0.25, 0.3) is 11.2 Å². The van der Waals surface area contributed by atoms with Crippen molar-refractivity contribution in [2.45, 2.75) is 62.1 Å². The van der Waals surface area contributed by atoms with Gasteiger partial charge in [-0.3, -0.25) is 0 Å². The zero-order chi connectivity index (χ0) is 25.2. The van der Waals surface area contributed by atoms with Crippen LogP contribution in [0.5, 0.6) is 0 Å². The Labute approximate surface area is 180 Å². The van der Waals surface area contributed by atoms with Crippen LogP contribution in [0.2, 0.25) is 0 Å². The molecule has 0 aliphatic carbocycles. The number of halogens is 13.